The number of rotatable bonds is 7. The topological polar surface area (TPSA) is 43.9 Å². The highest BCUT2D eigenvalue weighted by Gasteiger charge is 2.26. The van der Waals surface area contributed by atoms with E-state index in [9.17, 15) is 8.42 Å². The first-order chi connectivity index (χ1) is 10.1. The van der Waals surface area contributed by atoms with Crippen LogP contribution in [0.5, 0.6) is 0 Å². The quantitative estimate of drug-likeness (QED) is 0.708. The van der Waals surface area contributed by atoms with Crippen LogP contribution in [0, 0.1) is 0 Å². The molecule has 21 heavy (non-hydrogen) atoms. The molecular formula is C15H31N3O2S. The van der Waals surface area contributed by atoms with Gasteiger partial charge in [0.2, 0.25) is 10.0 Å². The van der Waals surface area contributed by atoms with Crippen LogP contribution in [0.4, 0.5) is 0 Å². The van der Waals surface area contributed by atoms with Gasteiger partial charge in [0.25, 0.3) is 0 Å². The number of likely N-dealkylation sites (tertiary alicyclic amines) is 1. The van der Waals surface area contributed by atoms with Crippen LogP contribution in [0.25, 0.3) is 0 Å². The van der Waals surface area contributed by atoms with Crippen molar-refractivity contribution in [3.63, 3.8) is 0 Å². The van der Waals surface area contributed by atoms with Crippen LogP contribution in [0.15, 0.2) is 0 Å². The summed E-state index contributed by atoms with van der Waals surface area (Å²) < 4.78 is 26.5. The summed E-state index contributed by atoms with van der Waals surface area (Å²) >= 11 is 0. The Hall–Kier alpha value is -0.170. The number of piperidine rings is 1. The lowest BCUT2D eigenvalue weighted by atomic mass is 10.1. The van der Waals surface area contributed by atoms with Crippen LogP contribution in [-0.4, -0.2) is 80.6 Å². The summed E-state index contributed by atoms with van der Waals surface area (Å²) in [4.78, 5) is 4.78. The first-order valence-corrected chi connectivity index (χ1v) is 10.2. The molecule has 5 nitrogen and oxygen atoms in total. The molecule has 0 aromatic heterocycles. The van der Waals surface area contributed by atoms with Gasteiger partial charge in [0.1, 0.15) is 0 Å². The minimum Gasteiger partial charge on any atom is -0.303 e. The number of piperazine rings is 1. The maximum atomic E-state index is 12.4. The largest absolute Gasteiger partial charge is 0.303 e. The molecule has 0 amide bonds. The third-order valence-corrected chi connectivity index (χ3v) is 6.55. The van der Waals surface area contributed by atoms with Gasteiger partial charge in [-0.1, -0.05) is 13.3 Å². The molecule has 124 valence electrons. The third kappa shape index (κ3) is 5.51. The molecule has 0 aliphatic carbocycles. The van der Waals surface area contributed by atoms with E-state index in [-0.39, 0.29) is 0 Å². The van der Waals surface area contributed by atoms with Gasteiger partial charge in [0.15, 0.2) is 0 Å². The Balaban J connectivity index is 1.69. The summed E-state index contributed by atoms with van der Waals surface area (Å²) in [7, 11) is -3.04. The zero-order valence-electron chi connectivity index (χ0n) is 13.5. The Morgan fingerprint density at radius 1 is 0.810 bits per heavy atom. The Morgan fingerprint density at radius 2 is 1.43 bits per heavy atom. The van der Waals surface area contributed by atoms with E-state index in [2.05, 4.69) is 16.7 Å². The van der Waals surface area contributed by atoms with E-state index in [1.807, 2.05) is 0 Å². The van der Waals surface area contributed by atoms with Gasteiger partial charge >= 0.3 is 0 Å². The molecule has 6 heteroatoms. The van der Waals surface area contributed by atoms with Crippen molar-refractivity contribution < 1.29 is 8.42 Å². The number of sulfonamides is 1. The molecule has 0 saturated carbocycles. The fourth-order valence-electron chi connectivity index (χ4n) is 3.33. The van der Waals surface area contributed by atoms with Gasteiger partial charge in [0.05, 0.1) is 5.75 Å². The summed E-state index contributed by atoms with van der Waals surface area (Å²) in [5.74, 6) is 0.317. The van der Waals surface area contributed by atoms with Crippen LogP contribution in [-0.2, 0) is 10.0 Å². The molecule has 0 radical (unpaired) electrons. The number of hydrogen-bond donors (Lipinski definition) is 0. The summed E-state index contributed by atoms with van der Waals surface area (Å²) in [6.45, 7) is 9.61. The van der Waals surface area contributed by atoms with Crippen molar-refractivity contribution in [2.24, 2.45) is 0 Å². The lowest BCUT2D eigenvalue weighted by Gasteiger charge is -2.34. The second kappa shape index (κ2) is 8.46. The standard InChI is InChI=1S/C15H31N3O2S/c1-2-7-16-11-13-18(14-12-16)21(19,20)15-6-10-17-8-4-3-5-9-17/h2-15H2,1H3. The summed E-state index contributed by atoms with van der Waals surface area (Å²) in [5, 5.41) is 0. The Labute approximate surface area is 130 Å². The number of nitrogens with zero attached hydrogens (tertiary/aromatic N) is 3. The predicted octanol–water partition coefficient (Wildman–Crippen LogP) is 1.22. The molecule has 2 aliphatic heterocycles. The highest BCUT2D eigenvalue weighted by Crippen LogP contribution is 2.12. The molecule has 0 atom stereocenters. The van der Waals surface area contributed by atoms with E-state index >= 15 is 0 Å². The average Bonchev–Trinajstić information content (AvgIpc) is 2.49. The molecule has 2 heterocycles. The first kappa shape index (κ1) is 17.2. The average molecular weight is 317 g/mol. The van der Waals surface area contributed by atoms with E-state index in [4.69, 9.17) is 0 Å². The molecule has 0 bridgehead atoms. The smallest absolute Gasteiger partial charge is 0.214 e. The highest BCUT2D eigenvalue weighted by atomic mass is 32.2. The molecule has 2 rings (SSSR count). The van der Waals surface area contributed by atoms with E-state index < -0.39 is 10.0 Å². The van der Waals surface area contributed by atoms with Gasteiger partial charge in [-0.05, 0) is 51.9 Å². The van der Waals surface area contributed by atoms with Crippen LogP contribution in [0.2, 0.25) is 0 Å². The highest BCUT2D eigenvalue weighted by molar-refractivity contribution is 7.89. The maximum Gasteiger partial charge on any atom is 0.214 e. The van der Waals surface area contributed by atoms with E-state index in [1.165, 1.54) is 19.3 Å². The third-order valence-electron chi connectivity index (χ3n) is 4.59. The second-order valence-electron chi connectivity index (χ2n) is 6.31. The monoisotopic (exact) mass is 317 g/mol. The first-order valence-electron chi connectivity index (χ1n) is 8.54. The molecule has 2 aliphatic rings. The van der Waals surface area contributed by atoms with E-state index in [0.717, 1.165) is 52.1 Å². The summed E-state index contributed by atoms with van der Waals surface area (Å²) in [6, 6.07) is 0. The zero-order chi connectivity index (χ0) is 15.1. The van der Waals surface area contributed by atoms with Crippen LogP contribution in [0.3, 0.4) is 0 Å². The molecule has 0 spiro atoms. The molecular weight excluding hydrogens is 286 g/mol. The van der Waals surface area contributed by atoms with Crippen molar-refractivity contribution in [2.45, 2.75) is 39.0 Å². The Kier molecular flexibility index (Phi) is 6.92. The molecule has 0 aromatic carbocycles. The maximum absolute atomic E-state index is 12.4. The van der Waals surface area contributed by atoms with Gasteiger partial charge in [-0.15, -0.1) is 0 Å². The molecule has 2 fully saturated rings. The van der Waals surface area contributed by atoms with Gasteiger partial charge in [-0.2, -0.15) is 4.31 Å². The lowest BCUT2D eigenvalue weighted by molar-refractivity contribution is 0.188. The van der Waals surface area contributed by atoms with Crippen LogP contribution >= 0.6 is 0 Å². The predicted molar refractivity (Wildman–Crippen MR) is 87.0 cm³/mol. The zero-order valence-corrected chi connectivity index (χ0v) is 14.3. The van der Waals surface area contributed by atoms with Crippen LogP contribution < -0.4 is 0 Å². The number of hydrogen-bond acceptors (Lipinski definition) is 4. The fraction of sp³-hybridized carbons (Fsp3) is 1.00. The normalized spacial score (nSPS) is 23.5. The van der Waals surface area contributed by atoms with Crippen LogP contribution in [0.1, 0.15) is 39.0 Å². The fourth-order valence-corrected chi connectivity index (χ4v) is 4.80. The molecule has 0 aromatic rings. The minimum absolute atomic E-state index is 0.317. The molecule has 2 saturated heterocycles. The van der Waals surface area contributed by atoms with Crippen molar-refractivity contribution >= 4 is 10.0 Å². The van der Waals surface area contributed by atoms with E-state index in [1.54, 1.807) is 4.31 Å². The van der Waals surface area contributed by atoms with Gasteiger partial charge < -0.3 is 9.80 Å². The SMILES string of the molecule is CCCN1CCN(S(=O)(=O)CCCN2CCCCC2)CC1. The molecule has 0 unspecified atom stereocenters. The summed E-state index contributed by atoms with van der Waals surface area (Å²) in [6.07, 6.45) is 5.79. The summed E-state index contributed by atoms with van der Waals surface area (Å²) in [5.41, 5.74) is 0. The van der Waals surface area contributed by atoms with Crippen molar-refractivity contribution in [1.29, 1.82) is 0 Å². The van der Waals surface area contributed by atoms with Gasteiger partial charge in [0, 0.05) is 26.2 Å². The Morgan fingerprint density at radius 3 is 2.05 bits per heavy atom. The van der Waals surface area contributed by atoms with Gasteiger partial charge in [-0.3, -0.25) is 0 Å². The van der Waals surface area contributed by atoms with Crippen molar-refractivity contribution in [3.8, 4) is 0 Å². The lowest BCUT2D eigenvalue weighted by Crippen LogP contribution is -2.49. The Bertz CT molecular complexity index is 386. The molecule has 0 N–H and O–H groups in total. The van der Waals surface area contributed by atoms with Crippen molar-refractivity contribution in [1.82, 2.24) is 14.1 Å². The minimum atomic E-state index is -3.04. The van der Waals surface area contributed by atoms with Crippen molar-refractivity contribution in [3.05, 3.63) is 0 Å². The second-order valence-corrected chi connectivity index (χ2v) is 8.40. The van der Waals surface area contributed by atoms with Crippen molar-refractivity contribution in [2.75, 3.05) is 58.1 Å². The van der Waals surface area contributed by atoms with Gasteiger partial charge in [-0.25, -0.2) is 8.42 Å². The van der Waals surface area contributed by atoms with E-state index in [0.29, 0.717) is 18.8 Å².